The highest BCUT2D eigenvalue weighted by molar-refractivity contribution is 5.91. The van der Waals surface area contributed by atoms with Gasteiger partial charge < -0.3 is 0 Å². The number of amides is 1. The van der Waals surface area contributed by atoms with Gasteiger partial charge in [-0.3, -0.25) is 10.0 Å². The van der Waals surface area contributed by atoms with Gasteiger partial charge in [0.25, 0.3) is 5.91 Å². The number of nitrogens with zero attached hydrogens (tertiary/aromatic N) is 2. The first-order valence-electron chi connectivity index (χ1n) is 8.94. The molecule has 144 valence electrons. The Hall–Kier alpha value is -3.12. The molecule has 6 heteroatoms. The van der Waals surface area contributed by atoms with Crippen molar-refractivity contribution in [1.29, 1.82) is 0 Å². The van der Waals surface area contributed by atoms with Crippen LogP contribution in [0.4, 0.5) is 4.39 Å². The first-order chi connectivity index (χ1) is 13.4. The monoisotopic (exact) mass is 379 g/mol. The molecular weight excluding hydrogens is 357 g/mol. The van der Waals surface area contributed by atoms with Crippen LogP contribution in [0.2, 0.25) is 0 Å². The summed E-state index contributed by atoms with van der Waals surface area (Å²) in [4.78, 5) is 20.6. The van der Waals surface area contributed by atoms with Crippen molar-refractivity contribution in [2.24, 2.45) is 5.92 Å². The molecule has 0 unspecified atom stereocenters. The van der Waals surface area contributed by atoms with Gasteiger partial charge >= 0.3 is 0 Å². The highest BCUT2D eigenvalue weighted by Crippen LogP contribution is 2.63. The summed E-state index contributed by atoms with van der Waals surface area (Å²) in [6.07, 6.45) is 8.72. The van der Waals surface area contributed by atoms with Crippen molar-refractivity contribution in [2.75, 3.05) is 0 Å². The van der Waals surface area contributed by atoms with E-state index in [9.17, 15) is 4.79 Å². The molecule has 2 aromatic rings. The summed E-state index contributed by atoms with van der Waals surface area (Å²) >= 11 is 0. The van der Waals surface area contributed by atoms with Gasteiger partial charge in [0, 0.05) is 29.8 Å². The molecule has 5 nitrogen and oxygen atoms in total. The lowest BCUT2D eigenvalue weighted by Gasteiger charge is -2.06. The molecule has 0 radical (unpaired) electrons. The van der Waals surface area contributed by atoms with Gasteiger partial charge in [-0.2, -0.15) is 0 Å². The fourth-order valence-corrected chi connectivity index (χ4v) is 3.45. The van der Waals surface area contributed by atoms with E-state index in [2.05, 4.69) is 16.5 Å². The smallest absolute Gasteiger partial charge is 0.282 e. The third-order valence-electron chi connectivity index (χ3n) is 4.96. The number of hydrogen-bond donors (Lipinski definition) is 2. The lowest BCUT2D eigenvalue weighted by molar-refractivity contribution is -0.136. The van der Waals surface area contributed by atoms with Crippen molar-refractivity contribution in [1.82, 2.24) is 15.4 Å². The number of carbonyl (C=O) groups excluding carboxylic acids is 1. The maximum absolute atomic E-state index is 15.4. The molecule has 1 aromatic heterocycles. The Labute approximate surface area is 163 Å². The van der Waals surface area contributed by atoms with E-state index in [0.717, 1.165) is 11.1 Å². The van der Waals surface area contributed by atoms with Gasteiger partial charge in [-0.1, -0.05) is 55.1 Å². The predicted molar refractivity (Wildman–Crippen MR) is 105 cm³/mol. The first kappa shape index (κ1) is 19.6. The molecule has 3 rings (SSSR count). The zero-order valence-electron chi connectivity index (χ0n) is 15.8. The molecule has 1 fully saturated rings. The minimum absolute atomic E-state index is 0.450. The van der Waals surface area contributed by atoms with Crippen molar-refractivity contribution in [3.05, 3.63) is 90.1 Å². The van der Waals surface area contributed by atoms with E-state index in [1.165, 1.54) is 5.48 Å². The molecule has 1 aliphatic rings. The fraction of sp³-hybridized carbons (Fsp3) is 0.227. The predicted octanol–water partition coefficient (Wildman–Crippen LogP) is 3.93. The molecule has 2 N–H and O–H groups in total. The molecule has 1 amide bonds. The van der Waals surface area contributed by atoms with E-state index in [0.29, 0.717) is 17.0 Å². The van der Waals surface area contributed by atoms with Gasteiger partial charge in [0.15, 0.2) is 5.82 Å². The van der Waals surface area contributed by atoms with E-state index >= 15 is 4.39 Å². The van der Waals surface area contributed by atoms with Crippen molar-refractivity contribution >= 4 is 11.5 Å². The van der Waals surface area contributed by atoms with Crippen molar-refractivity contribution < 1.29 is 14.4 Å². The van der Waals surface area contributed by atoms with Gasteiger partial charge in [-0.15, -0.1) is 0 Å². The number of alkyl halides is 1. The lowest BCUT2D eigenvalue weighted by atomic mass is 10.0. The van der Waals surface area contributed by atoms with Gasteiger partial charge in [0.1, 0.15) is 0 Å². The molecule has 1 aromatic carbocycles. The molecule has 0 spiro atoms. The Morgan fingerprint density at radius 2 is 1.89 bits per heavy atom. The number of nitrogens with one attached hydrogen (secondary N) is 1. The van der Waals surface area contributed by atoms with Crippen LogP contribution in [0, 0.1) is 12.8 Å². The summed E-state index contributed by atoms with van der Waals surface area (Å²) in [7, 11) is 0. The Balaban J connectivity index is 1.84. The van der Waals surface area contributed by atoms with E-state index in [1.807, 2.05) is 26.0 Å². The maximum atomic E-state index is 15.4. The fourth-order valence-electron chi connectivity index (χ4n) is 3.45. The second-order valence-corrected chi connectivity index (χ2v) is 6.81. The van der Waals surface area contributed by atoms with Crippen molar-refractivity contribution in [3.8, 4) is 0 Å². The number of aromatic nitrogens is 2. The number of rotatable bonds is 6. The van der Waals surface area contributed by atoms with Crippen LogP contribution in [0.15, 0.2) is 73.1 Å². The number of carbonyl (C=O) groups is 1. The average Bonchev–Trinajstić information content (AvgIpc) is 3.36. The van der Waals surface area contributed by atoms with Gasteiger partial charge in [-0.25, -0.2) is 19.8 Å². The zero-order valence-corrected chi connectivity index (χ0v) is 15.8. The van der Waals surface area contributed by atoms with Crippen LogP contribution in [0.1, 0.15) is 29.8 Å². The number of allylic oxidation sites excluding steroid dienone is 5. The van der Waals surface area contributed by atoms with Crippen LogP contribution in [-0.2, 0) is 4.79 Å². The Morgan fingerprint density at radius 3 is 2.46 bits per heavy atom. The van der Waals surface area contributed by atoms with Crippen molar-refractivity contribution in [3.63, 3.8) is 0 Å². The Morgan fingerprint density at radius 1 is 1.25 bits per heavy atom. The number of benzene rings is 1. The molecule has 0 saturated heterocycles. The summed E-state index contributed by atoms with van der Waals surface area (Å²) in [6.45, 7) is 7.72. The van der Waals surface area contributed by atoms with Gasteiger partial charge in [-0.05, 0) is 30.5 Å². The quantitative estimate of drug-likeness (QED) is 0.453. The van der Waals surface area contributed by atoms with Crippen LogP contribution >= 0.6 is 0 Å². The summed E-state index contributed by atoms with van der Waals surface area (Å²) in [5.41, 5.74) is 2.05. The average molecular weight is 379 g/mol. The van der Waals surface area contributed by atoms with E-state index in [1.54, 1.807) is 48.8 Å². The van der Waals surface area contributed by atoms with Crippen LogP contribution in [-0.4, -0.2) is 26.8 Å². The normalized spacial score (nSPS) is 24.2. The summed E-state index contributed by atoms with van der Waals surface area (Å²) in [5, 5.41) is 8.99. The van der Waals surface area contributed by atoms with Crippen LogP contribution < -0.4 is 5.48 Å². The second kappa shape index (κ2) is 7.86. The van der Waals surface area contributed by atoms with Crippen LogP contribution in [0.3, 0.4) is 0 Å². The molecule has 0 bridgehead atoms. The highest BCUT2D eigenvalue weighted by atomic mass is 19.1. The lowest BCUT2D eigenvalue weighted by Crippen LogP contribution is -2.33. The largest absolute Gasteiger partial charge is 0.289 e. The number of hydrogen-bond acceptors (Lipinski definition) is 4. The number of halogens is 1. The van der Waals surface area contributed by atoms with Gasteiger partial charge in [0.2, 0.25) is 5.67 Å². The molecule has 1 heterocycles. The van der Waals surface area contributed by atoms with Gasteiger partial charge in [0.05, 0.1) is 0 Å². The third-order valence-corrected chi connectivity index (χ3v) is 4.96. The standard InChI is InChI=1S/C22H22FN3O2/c1-4-16(20-24-12-14(2)13-25-20)11-10-15(3)18-19(17-8-6-5-7-9-17)22(18,23)21(27)26-28/h4-13,18-19,28H,3H2,1-2H3,(H,26,27)/b11-10-,16-4+/t18-,19-,22-/m1/s1. The number of hydroxylamine groups is 1. The second-order valence-electron chi connectivity index (χ2n) is 6.81. The zero-order chi connectivity index (χ0) is 20.3. The van der Waals surface area contributed by atoms with Crippen LogP contribution in [0.5, 0.6) is 0 Å². The number of aryl methyl sites for hydroxylation is 1. The first-order valence-corrected chi connectivity index (χ1v) is 8.94. The highest BCUT2D eigenvalue weighted by Gasteiger charge is 2.72. The third kappa shape index (κ3) is 3.51. The SMILES string of the molecule is C=C(/C=C\C(=C/C)c1ncc(C)cn1)[C@@H]1[C@@H](c2ccccc2)[C@@]1(F)C(=O)NO. The Kier molecular flexibility index (Phi) is 5.51. The Bertz CT molecular complexity index is 938. The van der Waals surface area contributed by atoms with Crippen LogP contribution in [0.25, 0.3) is 5.57 Å². The minimum Gasteiger partial charge on any atom is -0.289 e. The van der Waals surface area contributed by atoms with E-state index < -0.39 is 23.4 Å². The topological polar surface area (TPSA) is 75.1 Å². The molecular formula is C22H22FN3O2. The van der Waals surface area contributed by atoms with E-state index in [-0.39, 0.29) is 0 Å². The summed E-state index contributed by atoms with van der Waals surface area (Å²) < 4.78 is 15.4. The molecule has 0 aliphatic heterocycles. The maximum Gasteiger partial charge on any atom is 0.282 e. The molecule has 1 aliphatic carbocycles. The molecule has 3 atom stereocenters. The van der Waals surface area contributed by atoms with Crippen molar-refractivity contribution in [2.45, 2.75) is 25.4 Å². The molecule has 28 heavy (non-hydrogen) atoms. The molecule has 1 saturated carbocycles. The summed E-state index contributed by atoms with van der Waals surface area (Å²) in [6, 6.07) is 8.92. The minimum atomic E-state index is -2.24. The summed E-state index contributed by atoms with van der Waals surface area (Å²) in [5.74, 6) is -1.99. The van der Waals surface area contributed by atoms with E-state index in [4.69, 9.17) is 5.21 Å².